The minimum atomic E-state index is -0.0359. The molecule has 250 valence electrons. The first kappa shape index (κ1) is 31.3. The number of fused-ring (bicyclic) bond motifs is 5. The van der Waals surface area contributed by atoms with Gasteiger partial charge in [0.05, 0.1) is 0 Å². The summed E-state index contributed by atoms with van der Waals surface area (Å²) in [5.74, 6) is 0. The first-order chi connectivity index (χ1) is 26.0. The van der Waals surface area contributed by atoms with Crippen molar-refractivity contribution in [3.63, 3.8) is 0 Å². The van der Waals surface area contributed by atoms with Crippen LogP contribution in [0.15, 0.2) is 194 Å². The van der Waals surface area contributed by atoms with E-state index in [0.29, 0.717) is 0 Å². The lowest BCUT2D eigenvalue weighted by Crippen LogP contribution is -2.14. The second-order valence-electron chi connectivity index (χ2n) is 14.9. The van der Waals surface area contributed by atoms with Crippen LogP contribution in [0.5, 0.6) is 0 Å². The molecule has 0 unspecified atom stereocenters. The van der Waals surface area contributed by atoms with Gasteiger partial charge in [-0.25, -0.2) is 0 Å². The molecule has 9 aromatic rings. The number of hydrogen-bond donors (Lipinski definition) is 0. The third-order valence-corrected chi connectivity index (χ3v) is 11.5. The first-order valence-corrected chi connectivity index (χ1v) is 18.6. The summed E-state index contributed by atoms with van der Waals surface area (Å²) >= 11 is 0. The molecule has 1 aliphatic carbocycles. The Labute approximate surface area is 311 Å². The van der Waals surface area contributed by atoms with Crippen LogP contribution in [-0.2, 0) is 5.41 Å². The Balaban J connectivity index is 1.20. The highest BCUT2D eigenvalue weighted by Crippen LogP contribution is 2.51. The van der Waals surface area contributed by atoms with Gasteiger partial charge in [-0.1, -0.05) is 190 Å². The second kappa shape index (κ2) is 12.3. The van der Waals surface area contributed by atoms with Crippen LogP contribution in [0.25, 0.3) is 88.3 Å². The highest BCUT2D eigenvalue weighted by atomic mass is 14.4. The summed E-state index contributed by atoms with van der Waals surface area (Å²) in [6.45, 7) is 4.71. The molecule has 1 aliphatic rings. The van der Waals surface area contributed by atoms with Gasteiger partial charge in [0.25, 0.3) is 0 Å². The highest BCUT2D eigenvalue weighted by Gasteiger charge is 2.35. The Hall–Kier alpha value is -6.50. The fourth-order valence-electron chi connectivity index (χ4n) is 8.83. The summed E-state index contributed by atoms with van der Waals surface area (Å²) in [4.78, 5) is 0. The molecule has 0 spiro atoms. The molecule has 0 saturated carbocycles. The maximum absolute atomic E-state index is 2.46. The van der Waals surface area contributed by atoms with E-state index in [9.17, 15) is 0 Å². The van der Waals surface area contributed by atoms with Crippen molar-refractivity contribution in [2.24, 2.45) is 0 Å². The molecule has 0 N–H and O–H groups in total. The van der Waals surface area contributed by atoms with Gasteiger partial charge in [0.15, 0.2) is 0 Å². The van der Waals surface area contributed by atoms with Crippen molar-refractivity contribution in [1.82, 2.24) is 0 Å². The van der Waals surface area contributed by atoms with Gasteiger partial charge in [0.2, 0.25) is 0 Å². The van der Waals surface area contributed by atoms with E-state index in [1.54, 1.807) is 0 Å². The molecule has 0 nitrogen and oxygen atoms in total. The van der Waals surface area contributed by atoms with Crippen LogP contribution in [-0.4, -0.2) is 0 Å². The van der Waals surface area contributed by atoms with E-state index >= 15 is 0 Å². The molecule has 0 atom stereocenters. The van der Waals surface area contributed by atoms with Crippen molar-refractivity contribution in [2.45, 2.75) is 19.3 Å². The largest absolute Gasteiger partial charge is 0.0622 e. The van der Waals surface area contributed by atoms with Gasteiger partial charge in [-0.2, -0.15) is 0 Å². The standard InChI is InChI=1S/C53H38/c1-53(2)49-23-12-11-20-43(49)47-34-42(29-31-50(47)53)52-45-22-10-9-21-44(45)51(46-30-28-40(33-48(46)52)36-16-7-4-8-17-36)41-19-13-18-39(32-41)38-26-24-37(25-27-38)35-14-5-3-6-15-35/h3-34H,1-2H3. The van der Waals surface area contributed by atoms with E-state index < -0.39 is 0 Å². The monoisotopic (exact) mass is 674 g/mol. The maximum atomic E-state index is 2.46. The Kier molecular flexibility index (Phi) is 7.27. The van der Waals surface area contributed by atoms with Crippen LogP contribution in [0, 0.1) is 0 Å². The van der Waals surface area contributed by atoms with Crippen LogP contribution >= 0.6 is 0 Å². The minimum absolute atomic E-state index is 0.0359. The van der Waals surface area contributed by atoms with Gasteiger partial charge in [0.1, 0.15) is 0 Å². The lowest BCUT2D eigenvalue weighted by Gasteiger charge is -2.22. The van der Waals surface area contributed by atoms with E-state index in [2.05, 4.69) is 208 Å². The lowest BCUT2D eigenvalue weighted by atomic mass is 9.81. The van der Waals surface area contributed by atoms with Gasteiger partial charge in [-0.05, 0) is 118 Å². The fraction of sp³-hybridized carbons (Fsp3) is 0.0566. The predicted octanol–water partition coefficient (Wildman–Crippen LogP) is 14.6. The zero-order valence-corrected chi connectivity index (χ0v) is 30.0. The second-order valence-corrected chi connectivity index (χ2v) is 14.9. The lowest BCUT2D eigenvalue weighted by molar-refractivity contribution is 0.660. The predicted molar refractivity (Wildman–Crippen MR) is 226 cm³/mol. The average molecular weight is 675 g/mol. The summed E-state index contributed by atoms with van der Waals surface area (Å²) in [6, 6.07) is 71.7. The smallest absolute Gasteiger partial charge is 0.0158 e. The van der Waals surface area contributed by atoms with Crippen molar-refractivity contribution in [2.75, 3.05) is 0 Å². The molecule has 0 radical (unpaired) electrons. The number of benzene rings is 9. The summed E-state index contributed by atoms with van der Waals surface area (Å²) in [7, 11) is 0. The van der Waals surface area contributed by atoms with Crippen molar-refractivity contribution < 1.29 is 0 Å². The zero-order chi connectivity index (χ0) is 35.5. The molecule has 0 amide bonds. The van der Waals surface area contributed by atoms with E-state index in [1.807, 2.05) is 0 Å². The highest BCUT2D eigenvalue weighted by molar-refractivity contribution is 6.22. The van der Waals surface area contributed by atoms with Crippen LogP contribution in [0.3, 0.4) is 0 Å². The van der Waals surface area contributed by atoms with Gasteiger partial charge < -0.3 is 0 Å². The van der Waals surface area contributed by atoms with E-state index in [-0.39, 0.29) is 5.41 Å². The number of hydrogen-bond acceptors (Lipinski definition) is 0. The van der Waals surface area contributed by atoms with Crippen molar-refractivity contribution in [1.29, 1.82) is 0 Å². The molecule has 53 heavy (non-hydrogen) atoms. The molecule has 0 heterocycles. The molecule has 9 aromatic carbocycles. The molecular formula is C53H38. The third kappa shape index (κ3) is 5.13. The third-order valence-electron chi connectivity index (χ3n) is 11.5. The normalized spacial score (nSPS) is 12.9. The summed E-state index contributed by atoms with van der Waals surface area (Å²) in [5, 5.41) is 5.06. The summed E-state index contributed by atoms with van der Waals surface area (Å²) < 4.78 is 0. The Morgan fingerprint density at radius 2 is 0.698 bits per heavy atom. The summed E-state index contributed by atoms with van der Waals surface area (Å²) in [6.07, 6.45) is 0. The van der Waals surface area contributed by atoms with Crippen molar-refractivity contribution in [3.8, 4) is 66.8 Å². The molecule has 0 aliphatic heterocycles. The topological polar surface area (TPSA) is 0 Å². The van der Waals surface area contributed by atoms with E-state index in [0.717, 1.165) is 0 Å². The van der Waals surface area contributed by atoms with Gasteiger partial charge in [-0.3, -0.25) is 0 Å². The SMILES string of the molecule is CC1(C)c2ccccc2-c2cc(-c3c4ccccc4c(-c4cccc(-c5ccc(-c6ccccc6)cc5)c4)c4ccc(-c5ccccc5)cc34)ccc21. The van der Waals surface area contributed by atoms with Crippen LogP contribution < -0.4 is 0 Å². The van der Waals surface area contributed by atoms with Gasteiger partial charge >= 0.3 is 0 Å². The molecule has 0 bridgehead atoms. The Morgan fingerprint density at radius 3 is 1.42 bits per heavy atom. The van der Waals surface area contributed by atoms with Gasteiger partial charge in [-0.15, -0.1) is 0 Å². The fourth-order valence-corrected chi connectivity index (χ4v) is 8.83. The van der Waals surface area contributed by atoms with Gasteiger partial charge in [0, 0.05) is 5.41 Å². The summed E-state index contributed by atoms with van der Waals surface area (Å²) in [5.41, 5.74) is 17.8. The molecular weight excluding hydrogens is 637 g/mol. The molecule has 10 rings (SSSR count). The maximum Gasteiger partial charge on any atom is 0.0158 e. The van der Waals surface area contributed by atoms with Crippen LogP contribution in [0.4, 0.5) is 0 Å². The molecule has 0 aromatic heterocycles. The molecule has 0 heteroatoms. The first-order valence-electron chi connectivity index (χ1n) is 18.6. The van der Waals surface area contributed by atoms with E-state index in [1.165, 1.54) is 99.4 Å². The quantitative estimate of drug-likeness (QED) is 0.159. The van der Waals surface area contributed by atoms with Crippen LogP contribution in [0.1, 0.15) is 25.0 Å². The molecule has 0 saturated heterocycles. The van der Waals surface area contributed by atoms with Crippen molar-refractivity contribution in [3.05, 3.63) is 205 Å². The molecule has 0 fully saturated rings. The average Bonchev–Trinajstić information content (AvgIpc) is 3.45. The minimum Gasteiger partial charge on any atom is -0.0622 e. The van der Waals surface area contributed by atoms with Crippen LogP contribution in [0.2, 0.25) is 0 Å². The number of rotatable bonds is 5. The Morgan fingerprint density at radius 1 is 0.264 bits per heavy atom. The zero-order valence-electron chi connectivity index (χ0n) is 30.0. The van der Waals surface area contributed by atoms with Crippen molar-refractivity contribution >= 4 is 21.5 Å². The Bertz CT molecular complexity index is 2820. The van der Waals surface area contributed by atoms with E-state index in [4.69, 9.17) is 0 Å².